The van der Waals surface area contributed by atoms with Crippen molar-refractivity contribution in [2.45, 2.75) is 63.8 Å². The van der Waals surface area contributed by atoms with Crippen molar-refractivity contribution in [2.75, 3.05) is 19.6 Å². The lowest BCUT2D eigenvalue weighted by atomic mass is 9.88. The summed E-state index contributed by atoms with van der Waals surface area (Å²) in [4.78, 5) is 42.2. The molecule has 1 aliphatic carbocycles. The minimum absolute atomic E-state index is 0.0758. The molecule has 3 atom stereocenters. The van der Waals surface area contributed by atoms with Gasteiger partial charge in [0.15, 0.2) is 0 Å². The van der Waals surface area contributed by atoms with Crippen molar-refractivity contribution in [1.29, 1.82) is 0 Å². The first-order valence-corrected chi connectivity index (χ1v) is 11.1. The van der Waals surface area contributed by atoms with Crippen LogP contribution >= 0.6 is 0 Å². The van der Waals surface area contributed by atoms with Crippen LogP contribution in [0, 0.1) is 5.92 Å². The number of fused-ring (bicyclic) bond motifs is 1. The molecule has 4 rings (SSSR count). The van der Waals surface area contributed by atoms with Gasteiger partial charge in [0.1, 0.15) is 12.1 Å². The topological polar surface area (TPSA) is 79.0 Å². The first kappa shape index (κ1) is 20.8. The van der Waals surface area contributed by atoms with E-state index in [1.54, 1.807) is 9.80 Å². The molecular formula is C23H31N3O4. The molecule has 1 aromatic rings. The molecule has 1 N–H and O–H groups in total. The number of nitrogens with zero attached hydrogens (tertiary/aromatic N) is 2. The van der Waals surface area contributed by atoms with Crippen LogP contribution in [0.1, 0.15) is 44.6 Å². The second-order valence-electron chi connectivity index (χ2n) is 8.65. The van der Waals surface area contributed by atoms with Crippen LogP contribution in [-0.2, 0) is 25.7 Å². The van der Waals surface area contributed by atoms with E-state index < -0.39 is 18.2 Å². The number of rotatable bonds is 5. The second-order valence-corrected chi connectivity index (χ2v) is 8.65. The van der Waals surface area contributed by atoms with E-state index in [-0.39, 0.29) is 23.6 Å². The Balaban J connectivity index is 1.36. The predicted octanol–water partition coefficient (Wildman–Crippen LogP) is 1.71. The zero-order chi connectivity index (χ0) is 21.1. The number of carbonyl (C=O) groups is 3. The number of hydrogen-bond donors (Lipinski definition) is 1. The van der Waals surface area contributed by atoms with Crippen molar-refractivity contribution in [3.05, 3.63) is 35.9 Å². The normalized spacial score (nSPS) is 26.2. The maximum atomic E-state index is 13.1. The summed E-state index contributed by atoms with van der Waals surface area (Å²) in [5, 5.41) is 2.85. The molecule has 0 spiro atoms. The molecule has 3 amide bonds. The number of carbonyl (C=O) groups excluding carboxylic acids is 3. The highest BCUT2D eigenvalue weighted by Crippen LogP contribution is 2.27. The number of hydrogen-bond acceptors (Lipinski definition) is 4. The molecule has 7 nitrogen and oxygen atoms in total. The fraction of sp³-hybridized carbons (Fsp3) is 0.609. The lowest BCUT2D eigenvalue weighted by Gasteiger charge is -2.46. The molecule has 3 aliphatic rings. The maximum absolute atomic E-state index is 13.1. The van der Waals surface area contributed by atoms with Crippen molar-refractivity contribution in [3.63, 3.8) is 0 Å². The van der Waals surface area contributed by atoms with Gasteiger partial charge in [0.25, 0.3) is 0 Å². The Bertz CT molecular complexity index is 778. The van der Waals surface area contributed by atoms with Crippen LogP contribution in [0.15, 0.2) is 30.3 Å². The highest BCUT2D eigenvalue weighted by atomic mass is 16.5. The lowest BCUT2D eigenvalue weighted by molar-refractivity contribution is -0.160. The first-order valence-electron chi connectivity index (χ1n) is 11.1. The highest BCUT2D eigenvalue weighted by molar-refractivity contribution is 5.98. The Morgan fingerprint density at radius 2 is 1.87 bits per heavy atom. The summed E-state index contributed by atoms with van der Waals surface area (Å²) in [6.45, 7) is 3.39. The van der Waals surface area contributed by atoms with Crippen molar-refractivity contribution in [3.8, 4) is 0 Å². The molecule has 0 aromatic heterocycles. The zero-order valence-electron chi connectivity index (χ0n) is 17.6. The molecule has 0 unspecified atom stereocenters. The maximum Gasteiger partial charge on any atom is 0.248 e. The van der Waals surface area contributed by atoms with Gasteiger partial charge >= 0.3 is 0 Å². The molecule has 30 heavy (non-hydrogen) atoms. The van der Waals surface area contributed by atoms with Crippen LogP contribution < -0.4 is 5.32 Å². The number of amides is 3. The van der Waals surface area contributed by atoms with Crippen LogP contribution in [-0.4, -0.2) is 65.3 Å². The third-order valence-corrected chi connectivity index (χ3v) is 6.62. The van der Waals surface area contributed by atoms with Crippen molar-refractivity contribution in [2.24, 2.45) is 5.92 Å². The van der Waals surface area contributed by atoms with E-state index in [9.17, 15) is 14.4 Å². The van der Waals surface area contributed by atoms with E-state index in [2.05, 4.69) is 5.32 Å². The molecule has 2 heterocycles. The van der Waals surface area contributed by atoms with Crippen LogP contribution in [0.4, 0.5) is 0 Å². The Morgan fingerprint density at radius 1 is 1.13 bits per heavy atom. The summed E-state index contributed by atoms with van der Waals surface area (Å²) in [5.41, 5.74) is 1.02. The smallest absolute Gasteiger partial charge is 0.248 e. The average molecular weight is 414 g/mol. The van der Waals surface area contributed by atoms with Crippen LogP contribution in [0.25, 0.3) is 0 Å². The van der Waals surface area contributed by atoms with Gasteiger partial charge in [0.2, 0.25) is 17.7 Å². The van der Waals surface area contributed by atoms with E-state index in [4.69, 9.17) is 4.74 Å². The third kappa shape index (κ3) is 4.36. The molecule has 162 valence electrons. The van der Waals surface area contributed by atoms with E-state index >= 15 is 0 Å². The van der Waals surface area contributed by atoms with Gasteiger partial charge in [-0.3, -0.25) is 14.4 Å². The summed E-state index contributed by atoms with van der Waals surface area (Å²) in [5.74, 6) is -0.0936. The molecule has 0 bridgehead atoms. The lowest BCUT2D eigenvalue weighted by Crippen LogP contribution is -2.71. The Kier molecular flexibility index (Phi) is 6.37. The van der Waals surface area contributed by atoms with E-state index in [0.29, 0.717) is 26.2 Å². The van der Waals surface area contributed by atoms with Gasteiger partial charge in [-0.2, -0.15) is 0 Å². The molecule has 7 heteroatoms. The average Bonchev–Trinajstić information content (AvgIpc) is 2.80. The minimum atomic E-state index is -0.696. The molecule has 0 radical (unpaired) electrons. The van der Waals surface area contributed by atoms with Gasteiger partial charge < -0.3 is 19.9 Å². The van der Waals surface area contributed by atoms with Crippen molar-refractivity contribution >= 4 is 17.7 Å². The van der Waals surface area contributed by atoms with Gasteiger partial charge in [0.05, 0.1) is 19.3 Å². The molecular weight excluding hydrogens is 382 g/mol. The van der Waals surface area contributed by atoms with Gasteiger partial charge in [-0.25, -0.2) is 0 Å². The van der Waals surface area contributed by atoms with Crippen LogP contribution in [0.2, 0.25) is 0 Å². The highest BCUT2D eigenvalue weighted by Gasteiger charge is 2.46. The second kappa shape index (κ2) is 9.16. The predicted molar refractivity (Wildman–Crippen MR) is 111 cm³/mol. The van der Waals surface area contributed by atoms with Gasteiger partial charge in [-0.1, -0.05) is 49.6 Å². The monoisotopic (exact) mass is 413 g/mol. The van der Waals surface area contributed by atoms with Crippen molar-refractivity contribution in [1.82, 2.24) is 15.1 Å². The Morgan fingerprint density at radius 3 is 2.60 bits per heavy atom. The number of nitrogens with one attached hydrogen (secondary N) is 1. The van der Waals surface area contributed by atoms with Crippen LogP contribution in [0.3, 0.4) is 0 Å². The largest absolute Gasteiger partial charge is 0.371 e. The van der Waals surface area contributed by atoms with Gasteiger partial charge in [0, 0.05) is 19.0 Å². The van der Waals surface area contributed by atoms with E-state index in [1.165, 1.54) is 6.42 Å². The van der Waals surface area contributed by atoms with Crippen molar-refractivity contribution < 1.29 is 19.1 Å². The molecule has 1 saturated carbocycles. The Labute approximate surface area is 177 Å². The summed E-state index contributed by atoms with van der Waals surface area (Å²) in [7, 11) is 0. The molecule has 2 aliphatic heterocycles. The first-order chi connectivity index (χ1) is 14.5. The molecule has 2 saturated heterocycles. The van der Waals surface area contributed by atoms with E-state index in [0.717, 1.165) is 31.2 Å². The van der Waals surface area contributed by atoms with Crippen LogP contribution in [0.5, 0.6) is 0 Å². The Hall–Kier alpha value is -2.41. The number of piperazine rings is 2. The summed E-state index contributed by atoms with van der Waals surface area (Å²) in [6.07, 6.45) is 4.83. The summed E-state index contributed by atoms with van der Waals surface area (Å²) >= 11 is 0. The minimum Gasteiger partial charge on any atom is -0.371 e. The van der Waals surface area contributed by atoms with E-state index in [1.807, 2.05) is 37.3 Å². The zero-order valence-corrected chi connectivity index (χ0v) is 17.6. The number of benzene rings is 1. The molecule has 1 aromatic carbocycles. The quantitative estimate of drug-likeness (QED) is 0.797. The molecule has 3 fully saturated rings. The summed E-state index contributed by atoms with van der Waals surface area (Å²) < 4.78 is 5.88. The SMILES string of the molecule is C[C@H](OCc1ccccc1)[C@H]1NC(=O)[C@H]2CN(C(=O)C3CCCCC3)CCN2C1=O. The number of ether oxygens (including phenoxy) is 1. The fourth-order valence-electron chi connectivity index (χ4n) is 4.79. The van der Waals surface area contributed by atoms with Gasteiger partial charge in [-0.15, -0.1) is 0 Å². The third-order valence-electron chi connectivity index (χ3n) is 6.62. The fourth-order valence-corrected chi connectivity index (χ4v) is 4.79. The standard InChI is InChI=1S/C23H31N3O4/c1-16(30-15-17-8-4-2-5-9-17)20-23(29)26-13-12-25(14-19(26)21(27)24-20)22(28)18-10-6-3-7-11-18/h2,4-5,8-9,16,18-20H,3,6-7,10-15H2,1H3,(H,24,27)/t16-,19+,20+/m0/s1. The summed E-state index contributed by atoms with van der Waals surface area (Å²) in [6, 6.07) is 8.45. The van der Waals surface area contributed by atoms with Gasteiger partial charge in [-0.05, 0) is 25.3 Å².